The Morgan fingerprint density at radius 2 is 2.05 bits per heavy atom. The highest BCUT2D eigenvalue weighted by atomic mass is 79.9. The van der Waals surface area contributed by atoms with Gasteiger partial charge < -0.3 is 16.0 Å². The fourth-order valence-electron chi connectivity index (χ4n) is 1.69. The Labute approximate surface area is 125 Å². The minimum Gasteiger partial charge on any atom is -0.399 e. The molecule has 0 unspecified atom stereocenters. The van der Waals surface area contributed by atoms with Crippen LogP contribution in [-0.2, 0) is 0 Å². The van der Waals surface area contributed by atoms with Crippen LogP contribution in [0.2, 0.25) is 0 Å². The Hall–Kier alpha value is -2.15. The summed E-state index contributed by atoms with van der Waals surface area (Å²) in [5.74, 6) is 0.1000. The van der Waals surface area contributed by atoms with E-state index in [1.54, 1.807) is 18.2 Å². The van der Waals surface area contributed by atoms with Crippen molar-refractivity contribution >= 4 is 39.0 Å². The average molecular weight is 336 g/mol. The number of nitrogens with one attached hydrogen (secondary N) is 1. The van der Waals surface area contributed by atoms with Crippen LogP contribution in [0.25, 0.3) is 0 Å². The molecule has 0 saturated heterocycles. The molecule has 1 aromatic heterocycles. The van der Waals surface area contributed by atoms with Crippen molar-refractivity contribution in [2.75, 3.05) is 30.0 Å². The number of rotatable bonds is 3. The summed E-state index contributed by atoms with van der Waals surface area (Å²) in [5, 5.41) is 2.69. The molecule has 3 N–H and O–H groups in total. The fraction of sp³-hybridized carbons (Fsp3) is 0.154. The molecule has 0 fully saturated rings. The molecule has 104 valence electrons. The van der Waals surface area contributed by atoms with Gasteiger partial charge >= 0.3 is 0 Å². The van der Waals surface area contributed by atoms with Gasteiger partial charge in [-0.05, 0) is 34.1 Å². The van der Waals surface area contributed by atoms with Crippen molar-refractivity contribution in [1.29, 1.82) is 0 Å². The SMILES string of the molecule is CN(C)c1ccc(N)cc1C(=O)Nc1cnc(Br)cn1. The van der Waals surface area contributed by atoms with Crippen molar-refractivity contribution < 1.29 is 4.79 Å². The van der Waals surface area contributed by atoms with Crippen LogP contribution in [0.4, 0.5) is 17.2 Å². The van der Waals surface area contributed by atoms with E-state index in [0.717, 1.165) is 5.69 Å². The van der Waals surface area contributed by atoms with E-state index in [4.69, 9.17) is 5.73 Å². The highest BCUT2D eigenvalue weighted by Crippen LogP contribution is 2.22. The number of nitrogens with two attached hydrogens (primary N) is 1. The molecule has 0 atom stereocenters. The van der Waals surface area contributed by atoms with Gasteiger partial charge in [-0.3, -0.25) is 4.79 Å². The average Bonchev–Trinajstić information content (AvgIpc) is 2.41. The Morgan fingerprint density at radius 1 is 1.30 bits per heavy atom. The van der Waals surface area contributed by atoms with E-state index in [1.807, 2.05) is 19.0 Å². The molecule has 0 radical (unpaired) electrons. The largest absolute Gasteiger partial charge is 0.399 e. The number of halogens is 1. The second-order valence-electron chi connectivity index (χ2n) is 4.35. The van der Waals surface area contributed by atoms with Crippen LogP contribution in [0, 0.1) is 0 Å². The van der Waals surface area contributed by atoms with E-state index >= 15 is 0 Å². The van der Waals surface area contributed by atoms with Crippen molar-refractivity contribution in [3.63, 3.8) is 0 Å². The number of carbonyl (C=O) groups excluding carboxylic acids is 1. The van der Waals surface area contributed by atoms with Gasteiger partial charge in [-0.1, -0.05) is 0 Å². The molecule has 7 heteroatoms. The Morgan fingerprint density at radius 3 is 2.65 bits per heavy atom. The Bertz CT molecular complexity index is 627. The number of carbonyl (C=O) groups is 1. The van der Waals surface area contributed by atoms with Gasteiger partial charge in [-0.25, -0.2) is 9.97 Å². The molecular formula is C13H14BrN5O. The zero-order valence-electron chi connectivity index (χ0n) is 11.1. The lowest BCUT2D eigenvalue weighted by Gasteiger charge is -2.17. The van der Waals surface area contributed by atoms with Gasteiger partial charge in [0.2, 0.25) is 0 Å². The lowest BCUT2D eigenvalue weighted by molar-refractivity contribution is 0.102. The highest BCUT2D eigenvalue weighted by molar-refractivity contribution is 9.10. The van der Waals surface area contributed by atoms with E-state index in [2.05, 4.69) is 31.2 Å². The molecule has 0 aliphatic carbocycles. The quantitative estimate of drug-likeness (QED) is 0.839. The summed E-state index contributed by atoms with van der Waals surface area (Å²) in [5.41, 5.74) is 7.54. The maximum atomic E-state index is 12.3. The van der Waals surface area contributed by atoms with E-state index in [-0.39, 0.29) is 5.91 Å². The zero-order chi connectivity index (χ0) is 14.7. The molecule has 0 bridgehead atoms. The standard InChI is InChI=1S/C13H14BrN5O/c1-19(2)10-4-3-8(15)5-9(10)13(20)18-12-7-16-11(14)6-17-12/h3-7H,15H2,1-2H3,(H,17,18,20). The van der Waals surface area contributed by atoms with Gasteiger partial charge in [0, 0.05) is 25.5 Å². The zero-order valence-corrected chi connectivity index (χ0v) is 12.7. The van der Waals surface area contributed by atoms with Gasteiger partial charge in [0.25, 0.3) is 5.91 Å². The molecule has 0 saturated carbocycles. The van der Waals surface area contributed by atoms with E-state index in [0.29, 0.717) is 21.7 Å². The molecule has 2 rings (SSSR count). The van der Waals surface area contributed by atoms with Crippen LogP contribution < -0.4 is 16.0 Å². The molecule has 0 aliphatic heterocycles. The van der Waals surface area contributed by atoms with Crippen LogP contribution in [0.5, 0.6) is 0 Å². The van der Waals surface area contributed by atoms with Crippen molar-refractivity contribution in [3.8, 4) is 0 Å². The van der Waals surface area contributed by atoms with E-state index < -0.39 is 0 Å². The van der Waals surface area contributed by atoms with E-state index in [1.165, 1.54) is 12.4 Å². The van der Waals surface area contributed by atoms with Gasteiger partial charge in [-0.2, -0.15) is 0 Å². The number of amides is 1. The molecule has 2 aromatic rings. The summed E-state index contributed by atoms with van der Waals surface area (Å²) in [6.45, 7) is 0. The number of hydrogen-bond acceptors (Lipinski definition) is 5. The lowest BCUT2D eigenvalue weighted by atomic mass is 10.1. The Balaban J connectivity index is 2.28. The number of benzene rings is 1. The van der Waals surface area contributed by atoms with Gasteiger partial charge in [0.1, 0.15) is 4.60 Å². The number of aromatic nitrogens is 2. The van der Waals surface area contributed by atoms with Crippen molar-refractivity contribution in [3.05, 3.63) is 40.8 Å². The first kappa shape index (κ1) is 14.3. The number of hydrogen-bond donors (Lipinski definition) is 2. The molecule has 1 aromatic carbocycles. The maximum absolute atomic E-state index is 12.3. The number of nitrogen functional groups attached to an aromatic ring is 1. The summed E-state index contributed by atoms with van der Waals surface area (Å²) < 4.78 is 0.605. The van der Waals surface area contributed by atoms with Crippen LogP contribution in [-0.4, -0.2) is 30.0 Å². The molecule has 0 aliphatic rings. The van der Waals surface area contributed by atoms with Crippen LogP contribution in [0.3, 0.4) is 0 Å². The number of anilines is 3. The first-order valence-corrected chi connectivity index (χ1v) is 6.62. The monoisotopic (exact) mass is 335 g/mol. The third-order valence-corrected chi connectivity index (χ3v) is 3.02. The van der Waals surface area contributed by atoms with Crippen molar-refractivity contribution in [2.45, 2.75) is 0 Å². The van der Waals surface area contributed by atoms with Gasteiger partial charge in [0.15, 0.2) is 5.82 Å². The number of nitrogens with zero attached hydrogens (tertiary/aromatic N) is 3. The van der Waals surface area contributed by atoms with Crippen LogP contribution in [0.1, 0.15) is 10.4 Å². The summed E-state index contributed by atoms with van der Waals surface area (Å²) in [6, 6.07) is 5.19. The lowest BCUT2D eigenvalue weighted by Crippen LogP contribution is -2.19. The first-order valence-electron chi connectivity index (χ1n) is 5.83. The fourth-order valence-corrected chi connectivity index (χ4v) is 1.89. The highest BCUT2D eigenvalue weighted by Gasteiger charge is 2.14. The topological polar surface area (TPSA) is 84.1 Å². The van der Waals surface area contributed by atoms with Crippen molar-refractivity contribution in [1.82, 2.24) is 9.97 Å². The molecule has 1 heterocycles. The normalized spacial score (nSPS) is 10.2. The molecule has 20 heavy (non-hydrogen) atoms. The third-order valence-electron chi connectivity index (χ3n) is 2.61. The minimum atomic E-state index is -0.280. The minimum absolute atomic E-state index is 0.280. The Kier molecular flexibility index (Phi) is 4.19. The smallest absolute Gasteiger partial charge is 0.259 e. The summed E-state index contributed by atoms with van der Waals surface area (Å²) >= 11 is 3.19. The summed E-state index contributed by atoms with van der Waals surface area (Å²) in [4.78, 5) is 22.2. The second kappa shape index (κ2) is 5.87. The summed E-state index contributed by atoms with van der Waals surface area (Å²) in [6.07, 6.45) is 2.99. The van der Waals surface area contributed by atoms with Gasteiger partial charge in [-0.15, -0.1) is 0 Å². The van der Waals surface area contributed by atoms with E-state index in [9.17, 15) is 4.79 Å². The molecule has 6 nitrogen and oxygen atoms in total. The maximum Gasteiger partial charge on any atom is 0.259 e. The van der Waals surface area contributed by atoms with Crippen LogP contribution in [0.15, 0.2) is 35.2 Å². The predicted octanol–water partition coefficient (Wildman–Crippen LogP) is 2.14. The molecule has 1 amide bonds. The second-order valence-corrected chi connectivity index (χ2v) is 5.16. The molecule has 0 spiro atoms. The first-order chi connectivity index (χ1) is 9.47. The van der Waals surface area contributed by atoms with Gasteiger partial charge in [0.05, 0.1) is 18.0 Å². The third kappa shape index (κ3) is 3.24. The summed E-state index contributed by atoms with van der Waals surface area (Å²) in [7, 11) is 3.73. The van der Waals surface area contributed by atoms with Crippen molar-refractivity contribution in [2.24, 2.45) is 0 Å². The molecular weight excluding hydrogens is 322 g/mol. The predicted molar refractivity (Wildman–Crippen MR) is 82.9 cm³/mol. The van der Waals surface area contributed by atoms with Crippen LogP contribution >= 0.6 is 15.9 Å².